The second-order valence-electron chi connectivity index (χ2n) is 7.82. The standard InChI is InChI=1S/C26H17Cl2FN4O2/c27-19-10-7-15(11-20(19)28)24-23-22(18(12-30)25(31)35-26(23)33-32-24)17-3-1-2-4-21(17)34-13-14-5-8-16(29)9-6-14/h1-11,22H,13,31H2,(H,32,33). The van der Waals surface area contributed by atoms with Gasteiger partial charge in [-0.05, 0) is 35.9 Å². The molecular formula is C26H17Cl2FN4O2. The molecule has 3 aromatic carbocycles. The summed E-state index contributed by atoms with van der Waals surface area (Å²) >= 11 is 12.4. The van der Waals surface area contributed by atoms with Crippen molar-refractivity contribution in [1.82, 2.24) is 10.2 Å². The van der Waals surface area contributed by atoms with Gasteiger partial charge in [0.25, 0.3) is 0 Å². The molecule has 1 aliphatic heterocycles. The summed E-state index contributed by atoms with van der Waals surface area (Å²) in [7, 11) is 0. The van der Waals surface area contributed by atoms with Crippen LogP contribution in [0.2, 0.25) is 10.0 Å². The maximum absolute atomic E-state index is 13.3. The fourth-order valence-electron chi connectivity index (χ4n) is 4.02. The van der Waals surface area contributed by atoms with Crippen molar-refractivity contribution < 1.29 is 13.9 Å². The van der Waals surface area contributed by atoms with E-state index in [4.69, 9.17) is 38.4 Å². The number of hydrogen-bond acceptors (Lipinski definition) is 5. The second-order valence-corrected chi connectivity index (χ2v) is 8.64. The van der Waals surface area contributed by atoms with Crippen LogP contribution in [0, 0.1) is 17.1 Å². The van der Waals surface area contributed by atoms with Crippen LogP contribution >= 0.6 is 23.2 Å². The second kappa shape index (κ2) is 9.34. The van der Waals surface area contributed by atoms with Gasteiger partial charge in [0.05, 0.1) is 27.2 Å². The van der Waals surface area contributed by atoms with E-state index in [9.17, 15) is 9.65 Å². The number of benzene rings is 3. The molecule has 0 amide bonds. The Morgan fingerprint density at radius 1 is 1.09 bits per heavy atom. The molecule has 2 heterocycles. The number of hydrogen-bond donors (Lipinski definition) is 2. The summed E-state index contributed by atoms with van der Waals surface area (Å²) in [5.41, 5.74) is 9.77. The molecule has 0 spiro atoms. The Morgan fingerprint density at radius 3 is 2.60 bits per heavy atom. The summed E-state index contributed by atoms with van der Waals surface area (Å²) in [6.07, 6.45) is 0. The van der Waals surface area contributed by atoms with Gasteiger partial charge in [-0.3, -0.25) is 5.10 Å². The number of para-hydroxylation sites is 1. The van der Waals surface area contributed by atoms with Crippen molar-refractivity contribution in [3.63, 3.8) is 0 Å². The number of rotatable bonds is 5. The molecule has 0 saturated carbocycles. The van der Waals surface area contributed by atoms with Crippen molar-refractivity contribution in [2.45, 2.75) is 12.5 Å². The maximum Gasteiger partial charge on any atom is 0.244 e. The predicted molar refractivity (Wildman–Crippen MR) is 131 cm³/mol. The number of nitrogens with one attached hydrogen (secondary N) is 1. The normalized spacial score (nSPS) is 14.7. The minimum absolute atomic E-state index is 0.0365. The molecular weight excluding hydrogens is 490 g/mol. The third-order valence-corrected chi connectivity index (χ3v) is 6.42. The smallest absolute Gasteiger partial charge is 0.244 e. The van der Waals surface area contributed by atoms with Crippen LogP contribution in [-0.4, -0.2) is 10.2 Å². The lowest BCUT2D eigenvalue weighted by Gasteiger charge is -2.25. The zero-order valence-electron chi connectivity index (χ0n) is 18.1. The quantitative estimate of drug-likeness (QED) is 0.330. The highest BCUT2D eigenvalue weighted by Crippen LogP contribution is 2.48. The van der Waals surface area contributed by atoms with E-state index >= 15 is 0 Å². The first-order valence-electron chi connectivity index (χ1n) is 10.5. The number of halogens is 3. The Bertz CT molecular complexity index is 1490. The van der Waals surface area contributed by atoms with Gasteiger partial charge in [-0.2, -0.15) is 5.26 Å². The molecule has 0 aliphatic carbocycles. The van der Waals surface area contributed by atoms with Gasteiger partial charge in [0, 0.05) is 11.1 Å². The Balaban J connectivity index is 1.61. The predicted octanol–water partition coefficient (Wildman–Crippen LogP) is 6.32. The zero-order valence-corrected chi connectivity index (χ0v) is 19.6. The van der Waals surface area contributed by atoms with Crippen molar-refractivity contribution in [3.8, 4) is 29.0 Å². The highest BCUT2D eigenvalue weighted by atomic mass is 35.5. The molecule has 5 rings (SSSR count). The first-order chi connectivity index (χ1) is 17.0. The van der Waals surface area contributed by atoms with Crippen molar-refractivity contribution in [1.29, 1.82) is 5.26 Å². The van der Waals surface area contributed by atoms with Gasteiger partial charge in [0.1, 0.15) is 29.8 Å². The molecule has 3 N–H and O–H groups in total. The first-order valence-corrected chi connectivity index (χ1v) is 11.3. The largest absolute Gasteiger partial charge is 0.489 e. The fourth-order valence-corrected chi connectivity index (χ4v) is 4.32. The number of ether oxygens (including phenoxy) is 2. The average Bonchev–Trinajstić information content (AvgIpc) is 3.28. The van der Waals surface area contributed by atoms with Crippen LogP contribution in [0.3, 0.4) is 0 Å². The Hall–Kier alpha value is -3.99. The van der Waals surface area contributed by atoms with Crippen LogP contribution in [-0.2, 0) is 6.61 Å². The molecule has 35 heavy (non-hydrogen) atoms. The average molecular weight is 507 g/mol. The van der Waals surface area contributed by atoms with Gasteiger partial charge in [0.15, 0.2) is 0 Å². The number of fused-ring (bicyclic) bond motifs is 1. The lowest BCUT2D eigenvalue weighted by molar-refractivity contribution is 0.301. The minimum atomic E-state index is -0.628. The summed E-state index contributed by atoms with van der Waals surface area (Å²) < 4.78 is 25.1. The Morgan fingerprint density at radius 2 is 1.86 bits per heavy atom. The van der Waals surface area contributed by atoms with Crippen LogP contribution in [0.25, 0.3) is 11.3 Å². The molecule has 1 aliphatic rings. The van der Waals surface area contributed by atoms with Crippen LogP contribution in [0.4, 0.5) is 4.39 Å². The Kier molecular flexibility index (Phi) is 6.08. The Labute approximate surface area is 210 Å². The van der Waals surface area contributed by atoms with E-state index in [2.05, 4.69) is 16.3 Å². The van der Waals surface area contributed by atoms with E-state index in [1.54, 1.807) is 36.4 Å². The van der Waals surface area contributed by atoms with E-state index < -0.39 is 5.92 Å². The fraction of sp³-hybridized carbons (Fsp3) is 0.0769. The highest BCUT2D eigenvalue weighted by Gasteiger charge is 2.37. The summed E-state index contributed by atoms with van der Waals surface area (Å²) in [5, 5.41) is 18.1. The van der Waals surface area contributed by atoms with E-state index in [0.717, 1.165) is 5.56 Å². The van der Waals surface area contributed by atoms with Crippen LogP contribution < -0.4 is 15.2 Å². The zero-order chi connectivity index (χ0) is 24.5. The number of H-pyrrole nitrogens is 1. The number of aromatic nitrogens is 2. The van der Waals surface area contributed by atoms with Crippen molar-refractivity contribution >= 4 is 23.2 Å². The van der Waals surface area contributed by atoms with Crippen LogP contribution in [0.5, 0.6) is 11.6 Å². The number of nitriles is 1. The summed E-state index contributed by atoms with van der Waals surface area (Å²) in [5.74, 6) is -0.197. The molecule has 1 aromatic heterocycles. The van der Waals surface area contributed by atoms with Gasteiger partial charge in [-0.25, -0.2) is 4.39 Å². The van der Waals surface area contributed by atoms with Crippen LogP contribution in [0.15, 0.2) is 78.2 Å². The molecule has 0 bridgehead atoms. The molecule has 0 fully saturated rings. The summed E-state index contributed by atoms with van der Waals surface area (Å²) in [4.78, 5) is 0. The lowest BCUT2D eigenvalue weighted by Crippen LogP contribution is -2.21. The van der Waals surface area contributed by atoms with Gasteiger partial charge < -0.3 is 15.2 Å². The molecule has 174 valence electrons. The summed E-state index contributed by atoms with van der Waals surface area (Å²) in [6, 6.07) is 20.8. The van der Waals surface area contributed by atoms with E-state index in [1.807, 2.05) is 18.2 Å². The van der Waals surface area contributed by atoms with Crippen LogP contribution in [0.1, 0.15) is 22.6 Å². The highest BCUT2D eigenvalue weighted by molar-refractivity contribution is 6.42. The molecule has 0 radical (unpaired) electrons. The number of aromatic amines is 1. The van der Waals surface area contributed by atoms with Gasteiger partial charge in [0.2, 0.25) is 11.8 Å². The van der Waals surface area contributed by atoms with E-state index in [0.29, 0.717) is 38.2 Å². The molecule has 6 nitrogen and oxygen atoms in total. The number of nitrogens with zero attached hydrogens (tertiary/aromatic N) is 2. The molecule has 4 aromatic rings. The van der Waals surface area contributed by atoms with E-state index in [-0.39, 0.29) is 29.8 Å². The van der Waals surface area contributed by atoms with Gasteiger partial charge in [-0.15, -0.1) is 5.10 Å². The maximum atomic E-state index is 13.3. The lowest BCUT2D eigenvalue weighted by atomic mass is 9.82. The first kappa shape index (κ1) is 22.8. The monoisotopic (exact) mass is 506 g/mol. The number of allylic oxidation sites excluding steroid dienone is 1. The summed E-state index contributed by atoms with van der Waals surface area (Å²) in [6.45, 7) is 0.208. The molecule has 1 unspecified atom stereocenters. The SMILES string of the molecule is N#CC1=C(N)Oc2n[nH]c(-c3ccc(Cl)c(Cl)c3)c2C1c1ccccc1OCc1ccc(F)cc1. The van der Waals surface area contributed by atoms with Crippen molar-refractivity contribution in [2.24, 2.45) is 5.73 Å². The van der Waals surface area contributed by atoms with Gasteiger partial charge in [-0.1, -0.05) is 59.6 Å². The third kappa shape index (κ3) is 4.30. The molecule has 1 atom stereocenters. The minimum Gasteiger partial charge on any atom is -0.489 e. The van der Waals surface area contributed by atoms with Gasteiger partial charge >= 0.3 is 0 Å². The third-order valence-electron chi connectivity index (χ3n) is 5.68. The van der Waals surface area contributed by atoms with Crippen molar-refractivity contribution in [3.05, 3.63) is 111 Å². The molecule has 0 saturated heterocycles. The number of nitrogens with two attached hydrogens (primary N) is 1. The molecule has 9 heteroatoms. The van der Waals surface area contributed by atoms with E-state index in [1.165, 1.54) is 12.1 Å². The topological polar surface area (TPSA) is 97.0 Å². The van der Waals surface area contributed by atoms with Crippen molar-refractivity contribution in [2.75, 3.05) is 0 Å².